The zero-order valence-electron chi connectivity index (χ0n) is 14.3. The molecule has 2 heterocycles. The number of anilines is 2. The number of aryl methyl sites for hydroxylation is 1. The van der Waals surface area contributed by atoms with Gasteiger partial charge in [-0.3, -0.25) is 5.10 Å². The van der Waals surface area contributed by atoms with Crippen LogP contribution in [0.4, 0.5) is 11.6 Å². The molecule has 0 aliphatic heterocycles. The lowest BCUT2D eigenvalue weighted by atomic mass is 10.1. The molecule has 0 saturated carbocycles. The summed E-state index contributed by atoms with van der Waals surface area (Å²) in [5, 5.41) is 16.1. The second kappa shape index (κ2) is 6.78. The number of ether oxygens (including phenoxy) is 1. The first-order valence-electron chi connectivity index (χ1n) is 8.03. The van der Waals surface area contributed by atoms with Crippen LogP contribution in [0.5, 0.6) is 0 Å². The molecule has 0 saturated heterocycles. The van der Waals surface area contributed by atoms with Crippen molar-refractivity contribution in [1.29, 1.82) is 0 Å². The number of benzene rings is 2. The first-order valence-corrected chi connectivity index (χ1v) is 8.41. The molecule has 0 radical (unpaired) electrons. The van der Waals surface area contributed by atoms with E-state index >= 15 is 0 Å². The van der Waals surface area contributed by atoms with Crippen LogP contribution >= 0.6 is 11.6 Å². The monoisotopic (exact) mass is 368 g/mol. The SMILES string of the molecule is COCc1cccc(-c2nc(Nc3ccc4[nH]ncc4c3Cl)n(C)n2)c1. The lowest BCUT2D eigenvalue weighted by molar-refractivity contribution is 0.185. The molecule has 26 heavy (non-hydrogen) atoms. The highest BCUT2D eigenvalue weighted by Gasteiger charge is 2.13. The van der Waals surface area contributed by atoms with Gasteiger partial charge in [-0.2, -0.15) is 10.1 Å². The highest BCUT2D eigenvalue weighted by atomic mass is 35.5. The molecule has 0 aliphatic rings. The molecule has 2 N–H and O–H groups in total. The lowest BCUT2D eigenvalue weighted by Crippen LogP contribution is -2.00. The minimum atomic E-state index is 0.548. The number of hydrogen-bond acceptors (Lipinski definition) is 5. The van der Waals surface area contributed by atoms with Crippen molar-refractivity contribution in [1.82, 2.24) is 25.0 Å². The minimum Gasteiger partial charge on any atom is -0.380 e. The topological polar surface area (TPSA) is 80.6 Å². The minimum absolute atomic E-state index is 0.548. The Morgan fingerprint density at radius 1 is 1.27 bits per heavy atom. The summed E-state index contributed by atoms with van der Waals surface area (Å²) >= 11 is 6.47. The average molecular weight is 369 g/mol. The van der Waals surface area contributed by atoms with Gasteiger partial charge in [0.05, 0.1) is 29.0 Å². The number of fused-ring (bicyclic) bond motifs is 1. The van der Waals surface area contributed by atoms with Crippen LogP contribution in [0.3, 0.4) is 0 Å². The van der Waals surface area contributed by atoms with Crippen molar-refractivity contribution in [3.63, 3.8) is 0 Å². The zero-order chi connectivity index (χ0) is 18.1. The molecule has 0 aliphatic carbocycles. The zero-order valence-corrected chi connectivity index (χ0v) is 15.1. The van der Waals surface area contributed by atoms with E-state index in [1.54, 1.807) is 18.0 Å². The number of H-pyrrole nitrogens is 1. The van der Waals surface area contributed by atoms with Crippen molar-refractivity contribution in [2.45, 2.75) is 6.61 Å². The van der Waals surface area contributed by atoms with Gasteiger partial charge < -0.3 is 10.1 Å². The summed E-state index contributed by atoms with van der Waals surface area (Å²) in [6.07, 6.45) is 1.70. The number of nitrogens with one attached hydrogen (secondary N) is 2. The maximum Gasteiger partial charge on any atom is 0.225 e. The van der Waals surface area contributed by atoms with Gasteiger partial charge >= 0.3 is 0 Å². The largest absolute Gasteiger partial charge is 0.380 e. The molecule has 0 amide bonds. The van der Waals surface area contributed by atoms with Gasteiger partial charge in [0.25, 0.3) is 0 Å². The first-order chi connectivity index (χ1) is 12.7. The molecule has 132 valence electrons. The van der Waals surface area contributed by atoms with Gasteiger partial charge in [-0.05, 0) is 23.8 Å². The molecular weight excluding hydrogens is 352 g/mol. The van der Waals surface area contributed by atoms with Crippen LogP contribution in [0.2, 0.25) is 5.02 Å². The third-order valence-corrected chi connectivity index (χ3v) is 4.47. The van der Waals surface area contributed by atoms with Gasteiger partial charge in [0.1, 0.15) is 0 Å². The Balaban J connectivity index is 1.66. The van der Waals surface area contributed by atoms with E-state index in [0.717, 1.165) is 27.7 Å². The molecule has 4 rings (SSSR count). The fourth-order valence-corrected chi connectivity index (χ4v) is 3.04. The smallest absolute Gasteiger partial charge is 0.225 e. The van der Waals surface area contributed by atoms with E-state index in [4.69, 9.17) is 16.3 Å². The molecule has 0 atom stereocenters. The van der Waals surface area contributed by atoms with Gasteiger partial charge in [-0.1, -0.05) is 29.8 Å². The van der Waals surface area contributed by atoms with Gasteiger partial charge in [0.2, 0.25) is 5.95 Å². The highest BCUT2D eigenvalue weighted by molar-refractivity contribution is 6.38. The first kappa shape index (κ1) is 16.6. The summed E-state index contributed by atoms with van der Waals surface area (Å²) in [7, 11) is 3.51. The van der Waals surface area contributed by atoms with E-state index in [-0.39, 0.29) is 0 Å². The number of methoxy groups -OCH3 is 1. The Kier molecular flexibility index (Phi) is 4.32. The van der Waals surface area contributed by atoms with Crippen molar-refractivity contribution < 1.29 is 4.74 Å². The van der Waals surface area contributed by atoms with Crippen LogP contribution in [-0.4, -0.2) is 32.1 Å². The third-order valence-electron chi connectivity index (χ3n) is 4.06. The lowest BCUT2D eigenvalue weighted by Gasteiger charge is -2.07. The number of nitrogens with zero attached hydrogens (tertiary/aromatic N) is 4. The summed E-state index contributed by atoms with van der Waals surface area (Å²) in [6, 6.07) is 11.8. The average Bonchev–Trinajstić information content (AvgIpc) is 3.25. The van der Waals surface area contributed by atoms with Gasteiger partial charge in [-0.25, -0.2) is 4.68 Å². The Labute approximate surface area is 155 Å². The molecule has 0 fully saturated rings. The Morgan fingerprint density at radius 2 is 2.15 bits per heavy atom. The van der Waals surface area contributed by atoms with Gasteiger partial charge in [0.15, 0.2) is 5.82 Å². The van der Waals surface area contributed by atoms with Crippen molar-refractivity contribution >= 4 is 34.1 Å². The molecular formula is C18H17ClN6O. The summed E-state index contributed by atoms with van der Waals surface area (Å²) in [5.41, 5.74) is 3.63. The fraction of sp³-hybridized carbons (Fsp3) is 0.167. The number of rotatable bonds is 5. The van der Waals surface area contributed by atoms with E-state index in [2.05, 4.69) is 25.6 Å². The van der Waals surface area contributed by atoms with Crippen molar-refractivity contribution in [3.8, 4) is 11.4 Å². The van der Waals surface area contributed by atoms with Crippen molar-refractivity contribution in [2.75, 3.05) is 12.4 Å². The van der Waals surface area contributed by atoms with Crippen LogP contribution in [0, 0.1) is 0 Å². The number of aromatic amines is 1. The summed E-state index contributed by atoms with van der Waals surface area (Å²) in [4.78, 5) is 4.60. The van der Waals surface area contributed by atoms with Crippen molar-refractivity contribution in [3.05, 3.63) is 53.2 Å². The van der Waals surface area contributed by atoms with Crippen LogP contribution < -0.4 is 5.32 Å². The molecule has 2 aromatic carbocycles. The molecule has 4 aromatic rings. The standard InChI is InChI=1S/C18H17ClN6O/c1-25-18(21-15-7-6-14-13(16(15)19)9-20-23-14)22-17(24-25)12-5-3-4-11(8-12)10-26-2/h3-9H,10H2,1-2H3,(H,20,23)(H,21,22,24). The maximum atomic E-state index is 6.47. The molecule has 0 bridgehead atoms. The number of aromatic nitrogens is 5. The number of hydrogen-bond donors (Lipinski definition) is 2. The van der Waals surface area contributed by atoms with E-state index in [1.807, 2.05) is 43.4 Å². The van der Waals surface area contributed by atoms with Crippen LogP contribution in [-0.2, 0) is 18.4 Å². The summed E-state index contributed by atoms with van der Waals surface area (Å²) in [6.45, 7) is 0.548. The van der Waals surface area contributed by atoms with E-state index in [0.29, 0.717) is 23.4 Å². The second-order valence-electron chi connectivity index (χ2n) is 5.90. The predicted octanol–water partition coefficient (Wildman–Crippen LogP) is 3.90. The third kappa shape index (κ3) is 3.02. The Hall–Kier alpha value is -2.90. The molecule has 0 unspecified atom stereocenters. The Morgan fingerprint density at radius 3 is 3.00 bits per heavy atom. The molecule has 8 heteroatoms. The fourth-order valence-electron chi connectivity index (χ4n) is 2.78. The maximum absolute atomic E-state index is 6.47. The van der Waals surface area contributed by atoms with Crippen molar-refractivity contribution in [2.24, 2.45) is 7.05 Å². The van der Waals surface area contributed by atoms with Gasteiger partial charge in [-0.15, -0.1) is 5.10 Å². The van der Waals surface area contributed by atoms with Gasteiger partial charge in [0, 0.05) is 25.1 Å². The van der Waals surface area contributed by atoms with Crippen LogP contribution in [0.1, 0.15) is 5.56 Å². The second-order valence-corrected chi connectivity index (χ2v) is 6.28. The van der Waals surface area contributed by atoms with E-state index in [9.17, 15) is 0 Å². The summed E-state index contributed by atoms with van der Waals surface area (Å²) in [5.74, 6) is 1.23. The highest BCUT2D eigenvalue weighted by Crippen LogP contribution is 2.32. The predicted molar refractivity (Wildman–Crippen MR) is 102 cm³/mol. The quantitative estimate of drug-likeness (QED) is 0.558. The Bertz CT molecular complexity index is 1070. The van der Waals surface area contributed by atoms with Crippen LogP contribution in [0.15, 0.2) is 42.6 Å². The van der Waals surface area contributed by atoms with E-state index < -0.39 is 0 Å². The summed E-state index contributed by atoms with van der Waals surface area (Å²) < 4.78 is 6.88. The number of halogens is 1. The molecule has 7 nitrogen and oxygen atoms in total. The normalized spacial score (nSPS) is 11.2. The van der Waals surface area contributed by atoms with Crippen LogP contribution in [0.25, 0.3) is 22.3 Å². The van der Waals surface area contributed by atoms with E-state index in [1.165, 1.54) is 0 Å². The molecule has 0 spiro atoms. The molecule has 2 aromatic heterocycles.